The second kappa shape index (κ2) is 7.41. The van der Waals surface area contributed by atoms with E-state index in [4.69, 9.17) is 11.6 Å². The Morgan fingerprint density at radius 1 is 1.30 bits per heavy atom. The molecular weight excluding hydrogens is 310 g/mol. The van der Waals surface area contributed by atoms with Crippen molar-refractivity contribution < 1.29 is 0 Å². The number of aromatic nitrogens is 1. The van der Waals surface area contributed by atoms with Crippen LogP contribution in [0, 0.1) is 0 Å². The van der Waals surface area contributed by atoms with Gasteiger partial charge in [-0.3, -0.25) is 0 Å². The van der Waals surface area contributed by atoms with Crippen LogP contribution in [0.3, 0.4) is 0 Å². The Hall–Kier alpha value is -0.620. The molecule has 1 atom stereocenters. The fraction of sp³-hybridized carbons (Fsp3) is 0.500. The molecule has 0 aromatic carbocycles. The van der Waals surface area contributed by atoms with Gasteiger partial charge in [-0.1, -0.05) is 11.6 Å². The largest absolute Gasteiger partial charge is 0.349 e. The van der Waals surface area contributed by atoms with Gasteiger partial charge in [-0.2, -0.15) is 0 Å². The predicted octanol–water partition coefficient (Wildman–Crippen LogP) is 4.56. The Bertz CT molecular complexity index is 534. The van der Waals surface area contributed by atoms with Crippen LogP contribution in [0.4, 0.5) is 5.13 Å². The normalized spacial score (nSPS) is 12.6. The van der Waals surface area contributed by atoms with Crippen LogP contribution < -0.4 is 10.2 Å². The summed E-state index contributed by atoms with van der Waals surface area (Å²) in [6.07, 6.45) is 1.97. The zero-order valence-corrected chi connectivity index (χ0v) is 14.4. The average molecular weight is 330 g/mol. The summed E-state index contributed by atoms with van der Waals surface area (Å²) in [4.78, 5) is 9.31. The number of nitrogens with one attached hydrogen (secondary N) is 1. The minimum atomic E-state index is 0.312. The third-order valence-corrected chi connectivity index (χ3v) is 5.65. The second-order valence-corrected chi connectivity index (χ2v) is 7.37. The maximum Gasteiger partial charge on any atom is 0.185 e. The van der Waals surface area contributed by atoms with Crippen molar-refractivity contribution >= 4 is 39.4 Å². The van der Waals surface area contributed by atoms with Gasteiger partial charge in [-0.15, -0.1) is 22.7 Å². The van der Waals surface area contributed by atoms with E-state index in [1.807, 2.05) is 12.3 Å². The first-order valence-electron chi connectivity index (χ1n) is 6.82. The summed E-state index contributed by atoms with van der Waals surface area (Å²) in [7, 11) is 0. The van der Waals surface area contributed by atoms with E-state index in [0.717, 1.165) is 29.1 Å². The van der Waals surface area contributed by atoms with E-state index in [1.165, 1.54) is 9.75 Å². The molecule has 0 aliphatic heterocycles. The van der Waals surface area contributed by atoms with E-state index < -0.39 is 0 Å². The zero-order chi connectivity index (χ0) is 14.5. The van der Waals surface area contributed by atoms with E-state index >= 15 is 0 Å². The molecule has 20 heavy (non-hydrogen) atoms. The summed E-state index contributed by atoms with van der Waals surface area (Å²) in [6, 6.07) is 4.34. The molecule has 3 nitrogen and oxygen atoms in total. The Labute approximate surface area is 133 Å². The van der Waals surface area contributed by atoms with Gasteiger partial charge in [-0.25, -0.2) is 4.98 Å². The first kappa shape index (κ1) is 15.8. The number of halogens is 1. The maximum absolute atomic E-state index is 5.97. The second-order valence-electron chi connectivity index (χ2n) is 4.53. The highest BCUT2D eigenvalue weighted by atomic mass is 35.5. The lowest BCUT2D eigenvalue weighted by atomic mass is 10.3. The molecule has 1 N–H and O–H groups in total. The highest BCUT2D eigenvalue weighted by Crippen LogP contribution is 2.27. The minimum absolute atomic E-state index is 0.312. The van der Waals surface area contributed by atoms with Crippen LogP contribution in [0.15, 0.2) is 18.3 Å². The van der Waals surface area contributed by atoms with Gasteiger partial charge in [0.2, 0.25) is 0 Å². The van der Waals surface area contributed by atoms with E-state index in [9.17, 15) is 0 Å². The van der Waals surface area contributed by atoms with Gasteiger partial charge in [0, 0.05) is 41.6 Å². The SMILES string of the molecule is CCN(CC)c1ncc(CNC(C)c2ccc(Cl)s2)s1. The molecule has 0 saturated carbocycles. The smallest absolute Gasteiger partial charge is 0.185 e. The van der Waals surface area contributed by atoms with Crippen molar-refractivity contribution in [1.82, 2.24) is 10.3 Å². The molecule has 2 rings (SSSR count). The van der Waals surface area contributed by atoms with Crippen molar-refractivity contribution in [2.75, 3.05) is 18.0 Å². The standard InChI is InChI=1S/C14H20ClN3S2/c1-4-18(5-2)14-17-9-11(19-14)8-16-10(3)12-6-7-13(15)20-12/h6-7,9-10,16H,4-5,8H2,1-3H3. The molecule has 0 bridgehead atoms. The summed E-state index contributed by atoms with van der Waals surface area (Å²) >= 11 is 9.36. The summed E-state index contributed by atoms with van der Waals surface area (Å²) in [5.74, 6) is 0. The Morgan fingerprint density at radius 2 is 2.05 bits per heavy atom. The van der Waals surface area contributed by atoms with Gasteiger partial charge in [0.15, 0.2) is 5.13 Å². The fourth-order valence-electron chi connectivity index (χ4n) is 1.93. The van der Waals surface area contributed by atoms with Crippen molar-refractivity contribution in [1.29, 1.82) is 0 Å². The van der Waals surface area contributed by atoms with Gasteiger partial charge in [0.1, 0.15) is 0 Å². The lowest BCUT2D eigenvalue weighted by molar-refractivity contribution is 0.587. The molecule has 0 saturated heterocycles. The van der Waals surface area contributed by atoms with E-state index in [1.54, 1.807) is 22.7 Å². The first-order chi connectivity index (χ1) is 9.63. The number of thiazole rings is 1. The van der Waals surface area contributed by atoms with Gasteiger partial charge >= 0.3 is 0 Å². The van der Waals surface area contributed by atoms with Crippen LogP contribution in [-0.4, -0.2) is 18.1 Å². The minimum Gasteiger partial charge on any atom is -0.349 e. The van der Waals surface area contributed by atoms with E-state index in [0.29, 0.717) is 6.04 Å². The van der Waals surface area contributed by atoms with Crippen molar-refractivity contribution in [2.24, 2.45) is 0 Å². The van der Waals surface area contributed by atoms with Crippen molar-refractivity contribution in [3.05, 3.63) is 32.4 Å². The highest BCUT2D eigenvalue weighted by Gasteiger charge is 2.10. The molecule has 0 radical (unpaired) electrons. The quantitative estimate of drug-likeness (QED) is 0.807. The van der Waals surface area contributed by atoms with Crippen molar-refractivity contribution in [2.45, 2.75) is 33.4 Å². The van der Waals surface area contributed by atoms with Crippen LogP contribution in [0.25, 0.3) is 0 Å². The van der Waals surface area contributed by atoms with Crippen molar-refractivity contribution in [3.63, 3.8) is 0 Å². The molecule has 2 heterocycles. The molecular formula is C14H20ClN3S2. The van der Waals surface area contributed by atoms with Crippen LogP contribution in [-0.2, 0) is 6.54 Å². The van der Waals surface area contributed by atoms with Crippen molar-refractivity contribution in [3.8, 4) is 0 Å². The summed E-state index contributed by atoms with van der Waals surface area (Å²) in [6.45, 7) is 9.32. The molecule has 6 heteroatoms. The van der Waals surface area contributed by atoms with Crippen LogP contribution >= 0.6 is 34.3 Å². The highest BCUT2D eigenvalue weighted by molar-refractivity contribution is 7.16. The van der Waals surface area contributed by atoms with Crippen LogP contribution in [0.1, 0.15) is 36.6 Å². The molecule has 0 fully saturated rings. The van der Waals surface area contributed by atoms with E-state index in [2.05, 4.69) is 42.0 Å². The Morgan fingerprint density at radius 3 is 2.65 bits per heavy atom. The molecule has 2 aromatic rings. The van der Waals surface area contributed by atoms with Gasteiger partial charge in [0.05, 0.1) is 4.34 Å². The number of anilines is 1. The predicted molar refractivity (Wildman–Crippen MR) is 90.3 cm³/mol. The monoisotopic (exact) mass is 329 g/mol. The third kappa shape index (κ3) is 3.95. The van der Waals surface area contributed by atoms with Gasteiger partial charge in [0.25, 0.3) is 0 Å². The zero-order valence-electron chi connectivity index (χ0n) is 12.0. The topological polar surface area (TPSA) is 28.2 Å². The van der Waals surface area contributed by atoms with Gasteiger partial charge < -0.3 is 10.2 Å². The van der Waals surface area contributed by atoms with Crippen LogP contribution in [0.2, 0.25) is 4.34 Å². The summed E-state index contributed by atoms with van der Waals surface area (Å²) in [5.41, 5.74) is 0. The fourth-order valence-corrected chi connectivity index (χ4v) is 4.01. The number of thiophene rings is 1. The molecule has 0 amide bonds. The third-order valence-electron chi connectivity index (χ3n) is 3.18. The molecule has 110 valence electrons. The van der Waals surface area contributed by atoms with E-state index in [-0.39, 0.29) is 0 Å². The molecule has 0 aliphatic carbocycles. The van der Waals surface area contributed by atoms with Crippen LogP contribution in [0.5, 0.6) is 0 Å². The number of hydrogen-bond acceptors (Lipinski definition) is 5. The summed E-state index contributed by atoms with van der Waals surface area (Å²) < 4.78 is 0.843. The number of hydrogen-bond donors (Lipinski definition) is 1. The molecule has 2 aromatic heterocycles. The number of nitrogens with zero attached hydrogens (tertiary/aromatic N) is 2. The Balaban J connectivity index is 1.91. The Kier molecular flexibility index (Phi) is 5.84. The molecule has 0 spiro atoms. The lowest BCUT2D eigenvalue weighted by Gasteiger charge is -2.16. The number of rotatable bonds is 7. The molecule has 1 unspecified atom stereocenters. The molecule has 0 aliphatic rings. The summed E-state index contributed by atoms with van der Waals surface area (Å²) in [5, 5.41) is 4.63. The lowest BCUT2D eigenvalue weighted by Crippen LogP contribution is -2.21. The van der Waals surface area contributed by atoms with Gasteiger partial charge in [-0.05, 0) is 32.9 Å². The maximum atomic E-state index is 5.97. The average Bonchev–Trinajstić information content (AvgIpc) is 3.07. The first-order valence-corrected chi connectivity index (χ1v) is 8.83.